The van der Waals surface area contributed by atoms with Gasteiger partial charge < -0.3 is 0 Å². The van der Waals surface area contributed by atoms with Gasteiger partial charge in [0.25, 0.3) is 0 Å². The minimum atomic E-state index is -5.17. The Morgan fingerprint density at radius 2 is 0.684 bits per heavy atom. The topological polar surface area (TPSA) is 156 Å². The van der Waals surface area contributed by atoms with Crippen LogP contribution in [0.2, 0.25) is 0 Å². The van der Waals surface area contributed by atoms with E-state index in [4.69, 9.17) is 25.3 Å². The van der Waals surface area contributed by atoms with Crippen molar-refractivity contribution in [1.82, 2.24) is 0 Å². The van der Waals surface area contributed by atoms with Gasteiger partial charge in [0, 0.05) is 0 Å². The van der Waals surface area contributed by atoms with Crippen LogP contribution in [0.1, 0.15) is 0 Å². The zero-order chi connectivity index (χ0) is 14.6. The monoisotopic (exact) mass is 298 g/mol. The summed E-state index contributed by atoms with van der Waals surface area (Å²) in [4.78, 5) is 0. The average Bonchev–Trinajstić information content (AvgIpc) is 2.27. The standard InChI is InChI=1S/C12H10.6H2N.Ti/c1-3-7-11(8-4-1)12-9-5-2-6-10-12;;;;;;;/h1-10H;6*1H2;/q;6*-1;+6. The third-order valence-corrected chi connectivity index (χ3v) is 1.88. The Bertz CT molecular complexity index is 469. The zero-order valence-corrected chi connectivity index (χ0v) is 12.3. The summed E-state index contributed by atoms with van der Waals surface area (Å²) in [7, 11) is 0. The van der Waals surface area contributed by atoms with Gasteiger partial charge >= 0.3 is 40.9 Å². The summed E-state index contributed by atoms with van der Waals surface area (Å²) >= 11 is -5.17. The zero-order valence-electron chi connectivity index (χ0n) is 10.7. The van der Waals surface area contributed by atoms with E-state index >= 15 is 0 Å². The molecule has 6 nitrogen and oxygen atoms in total. The number of rotatable bonds is 1. The van der Waals surface area contributed by atoms with E-state index in [2.05, 4.69) is 48.5 Å². The van der Waals surface area contributed by atoms with E-state index in [0.717, 1.165) is 0 Å². The Labute approximate surface area is 113 Å². The molecular weight excluding hydrogens is 276 g/mol. The van der Waals surface area contributed by atoms with Crippen LogP contribution < -0.4 is 25.3 Å². The third kappa shape index (κ3) is 10.5. The summed E-state index contributed by atoms with van der Waals surface area (Å²) in [5, 5.41) is 0. The molecule has 2 aromatic rings. The van der Waals surface area contributed by atoms with E-state index in [0.29, 0.717) is 0 Å². The van der Waals surface area contributed by atoms with Crippen LogP contribution in [0.4, 0.5) is 0 Å². The third-order valence-electron chi connectivity index (χ3n) is 1.88. The summed E-state index contributed by atoms with van der Waals surface area (Å²) < 4.78 is 29.5. The van der Waals surface area contributed by atoms with Gasteiger partial charge in [0.2, 0.25) is 0 Å². The maximum Gasteiger partial charge on any atom is -0.0184 e. The predicted molar refractivity (Wildman–Crippen MR) is 77.0 cm³/mol. The first-order valence-electron chi connectivity index (χ1n) is 5.80. The van der Waals surface area contributed by atoms with Crippen LogP contribution in [-0.2, 0) is 15.6 Å². The van der Waals surface area contributed by atoms with Gasteiger partial charge in [0.05, 0.1) is 0 Å². The predicted octanol–water partition coefficient (Wildman–Crippen LogP) is -0.192. The molecule has 104 valence electrons. The van der Waals surface area contributed by atoms with Gasteiger partial charge in [-0.1, -0.05) is 60.7 Å². The first-order valence-corrected chi connectivity index (χ1v) is 11.2. The van der Waals surface area contributed by atoms with Gasteiger partial charge in [-0.15, -0.1) is 0 Å². The van der Waals surface area contributed by atoms with Crippen molar-refractivity contribution in [3.8, 4) is 11.1 Å². The summed E-state index contributed by atoms with van der Waals surface area (Å²) in [6.07, 6.45) is 0. The van der Waals surface area contributed by atoms with Gasteiger partial charge in [0.15, 0.2) is 0 Å². The van der Waals surface area contributed by atoms with Gasteiger partial charge in [-0.3, -0.25) is 0 Å². The second-order valence-corrected chi connectivity index (χ2v) is 13.0. The molecule has 0 radical (unpaired) electrons. The molecule has 0 aliphatic rings. The Balaban J connectivity index is 0.000000224. The number of hydrogen-bond acceptors (Lipinski definition) is 6. The molecular formula is C12H22N6Ti. The van der Waals surface area contributed by atoms with Crippen LogP contribution >= 0.6 is 0 Å². The maximum atomic E-state index is 4.92. The molecule has 0 saturated carbocycles. The molecule has 0 fully saturated rings. The fourth-order valence-corrected chi connectivity index (χ4v) is 1.26. The van der Waals surface area contributed by atoms with E-state index in [9.17, 15) is 0 Å². The fraction of sp³-hybridized carbons (Fsp3) is 0. The molecule has 0 saturated heterocycles. The second kappa shape index (κ2) is 4.79. The Hall–Kier alpha value is -1.09. The van der Waals surface area contributed by atoms with Crippen LogP contribution in [0, 0.1) is 0 Å². The van der Waals surface area contributed by atoms with Gasteiger partial charge in [0.1, 0.15) is 0 Å². The molecule has 0 aromatic heterocycles. The number of nitrogens with two attached hydrogens (primary N) is 6. The molecule has 0 heterocycles. The van der Waals surface area contributed by atoms with Crippen molar-refractivity contribution in [2.24, 2.45) is 25.3 Å². The smallest absolute Gasteiger partial charge is 0.0184 e. The Kier molecular flexibility index (Phi) is 4.02. The molecule has 7 heteroatoms. The van der Waals surface area contributed by atoms with Crippen molar-refractivity contribution in [3.05, 3.63) is 60.7 Å². The quantitative estimate of drug-likeness (QED) is 0.401. The Morgan fingerprint density at radius 1 is 0.474 bits per heavy atom. The Morgan fingerprint density at radius 3 is 0.895 bits per heavy atom. The van der Waals surface area contributed by atoms with Crippen LogP contribution in [0.3, 0.4) is 0 Å². The number of hydrogen-bond donors (Lipinski definition) is 6. The fourth-order valence-electron chi connectivity index (χ4n) is 1.26. The minimum Gasteiger partial charge on any atom is -0.0622 e. The largest absolute Gasteiger partial charge is 0.0622 e. The molecule has 2 rings (SSSR count). The summed E-state index contributed by atoms with van der Waals surface area (Å²) in [6.45, 7) is 0. The van der Waals surface area contributed by atoms with E-state index in [1.807, 2.05) is 12.1 Å². The van der Waals surface area contributed by atoms with E-state index < -0.39 is 15.6 Å². The molecule has 0 bridgehead atoms. The molecule has 0 unspecified atom stereocenters. The molecule has 0 aliphatic carbocycles. The van der Waals surface area contributed by atoms with Gasteiger partial charge in [-0.2, -0.15) is 0 Å². The maximum absolute atomic E-state index is 5.17. The SMILES string of the molecule is [NH2][Ti]([NH2])([NH2])([NH2])([NH2])[NH2].c1ccc(-c2ccccc2)cc1. The second-order valence-electron chi connectivity index (χ2n) is 5.23. The molecule has 12 N–H and O–H groups in total. The molecule has 0 amide bonds. The molecule has 0 spiro atoms. The summed E-state index contributed by atoms with van der Waals surface area (Å²) in [6, 6.07) is 20.8. The van der Waals surface area contributed by atoms with Gasteiger partial charge in [-0.05, 0) is 11.1 Å². The average molecular weight is 298 g/mol. The van der Waals surface area contributed by atoms with Crippen molar-refractivity contribution in [2.45, 2.75) is 0 Å². The van der Waals surface area contributed by atoms with Crippen LogP contribution in [-0.4, -0.2) is 0 Å². The first kappa shape index (κ1) is 16.0. The van der Waals surface area contributed by atoms with Crippen molar-refractivity contribution >= 4 is 0 Å². The summed E-state index contributed by atoms with van der Waals surface area (Å²) in [5.41, 5.74) is 2.55. The molecule has 0 atom stereocenters. The van der Waals surface area contributed by atoms with Crippen molar-refractivity contribution in [2.75, 3.05) is 0 Å². The van der Waals surface area contributed by atoms with Crippen molar-refractivity contribution < 1.29 is 15.6 Å². The van der Waals surface area contributed by atoms with Crippen molar-refractivity contribution in [1.29, 1.82) is 0 Å². The van der Waals surface area contributed by atoms with Crippen LogP contribution in [0.25, 0.3) is 11.1 Å². The van der Waals surface area contributed by atoms with Gasteiger partial charge in [-0.25, -0.2) is 0 Å². The van der Waals surface area contributed by atoms with Crippen molar-refractivity contribution in [3.63, 3.8) is 0 Å². The number of benzene rings is 2. The first-order chi connectivity index (χ1) is 8.42. The van der Waals surface area contributed by atoms with E-state index in [-0.39, 0.29) is 0 Å². The van der Waals surface area contributed by atoms with Crippen LogP contribution in [0.15, 0.2) is 60.7 Å². The normalized spacial score (nSPS) is 14.6. The van der Waals surface area contributed by atoms with Crippen LogP contribution in [0.5, 0.6) is 0 Å². The molecule has 2 aromatic carbocycles. The minimum absolute atomic E-state index is 1.28. The summed E-state index contributed by atoms with van der Waals surface area (Å²) in [5.74, 6) is 0. The van der Waals surface area contributed by atoms with E-state index in [1.165, 1.54) is 11.1 Å². The van der Waals surface area contributed by atoms with E-state index in [1.54, 1.807) is 0 Å². The molecule has 0 aliphatic heterocycles. The molecule has 19 heavy (non-hydrogen) atoms.